The first-order chi connectivity index (χ1) is 16.2. The summed E-state index contributed by atoms with van der Waals surface area (Å²) in [6, 6.07) is 17.2. The number of nitrogens with zero attached hydrogens (tertiary/aromatic N) is 2. The lowest BCUT2D eigenvalue weighted by Crippen LogP contribution is -2.44. The third-order valence-electron chi connectivity index (χ3n) is 7.07. The third kappa shape index (κ3) is 5.93. The van der Waals surface area contributed by atoms with Gasteiger partial charge in [-0.2, -0.15) is 0 Å². The molecule has 1 atom stereocenters. The summed E-state index contributed by atoms with van der Waals surface area (Å²) in [7, 11) is 2.20. The van der Waals surface area contributed by atoms with Gasteiger partial charge in [-0.25, -0.2) is 0 Å². The summed E-state index contributed by atoms with van der Waals surface area (Å²) < 4.78 is 9.57. The molecule has 2 aliphatic rings. The van der Waals surface area contributed by atoms with Crippen LogP contribution in [0.4, 0.5) is 0 Å². The maximum atomic E-state index is 5.96. The number of likely N-dealkylation sites (N-methyl/N-ethyl adjacent to an activating group) is 1. The highest BCUT2D eigenvalue weighted by molar-refractivity contribution is 7.97. The van der Waals surface area contributed by atoms with Crippen LogP contribution in [0, 0.1) is 5.92 Å². The van der Waals surface area contributed by atoms with Crippen molar-refractivity contribution >= 4 is 22.9 Å². The average molecular weight is 465 g/mol. The summed E-state index contributed by atoms with van der Waals surface area (Å²) in [6.45, 7) is 7.67. The van der Waals surface area contributed by atoms with Crippen LogP contribution in [0.1, 0.15) is 24.1 Å². The van der Waals surface area contributed by atoms with Gasteiger partial charge in [0.15, 0.2) is 0 Å². The SMILES string of the molecule is CN1CCN(CCCOc2ccc(SNCC3CCc4[nH]c5ccccc5c4C3)cc2)CC1. The number of aromatic amines is 1. The van der Waals surface area contributed by atoms with Crippen molar-refractivity contribution in [3.63, 3.8) is 0 Å². The van der Waals surface area contributed by atoms with Crippen molar-refractivity contribution in [2.75, 3.05) is 52.9 Å². The van der Waals surface area contributed by atoms with E-state index in [0.29, 0.717) is 5.92 Å². The Hall–Kier alpha value is -1.99. The number of aromatic nitrogens is 1. The summed E-state index contributed by atoms with van der Waals surface area (Å²) in [5, 5.41) is 1.41. The van der Waals surface area contributed by atoms with Crippen LogP contribution >= 0.6 is 11.9 Å². The topological polar surface area (TPSA) is 43.5 Å². The van der Waals surface area contributed by atoms with E-state index in [1.54, 1.807) is 11.9 Å². The van der Waals surface area contributed by atoms with Gasteiger partial charge in [0, 0.05) is 60.8 Å². The minimum atomic E-state index is 0.687. The molecule has 176 valence electrons. The molecule has 5 rings (SSSR count). The Kier molecular flexibility index (Phi) is 7.57. The van der Waals surface area contributed by atoms with E-state index in [1.807, 2.05) is 0 Å². The van der Waals surface area contributed by atoms with Crippen LogP contribution in [-0.2, 0) is 12.8 Å². The predicted octanol–water partition coefficient (Wildman–Crippen LogP) is 4.59. The molecule has 33 heavy (non-hydrogen) atoms. The van der Waals surface area contributed by atoms with Crippen LogP contribution in [0.15, 0.2) is 53.4 Å². The Balaban J connectivity index is 1.01. The molecule has 2 aromatic carbocycles. The molecule has 1 fully saturated rings. The second kappa shape index (κ2) is 11.0. The summed E-state index contributed by atoms with van der Waals surface area (Å²) >= 11 is 1.73. The predicted molar refractivity (Wildman–Crippen MR) is 138 cm³/mol. The number of fused-ring (bicyclic) bond motifs is 3. The molecular formula is C27H36N4OS. The van der Waals surface area contributed by atoms with Gasteiger partial charge in [-0.05, 0) is 86.5 Å². The molecule has 0 bridgehead atoms. The minimum Gasteiger partial charge on any atom is -0.494 e. The molecule has 0 spiro atoms. The number of H-pyrrole nitrogens is 1. The van der Waals surface area contributed by atoms with E-state index >= 15 is 0 Å². The van der Waals surface area contributed by atoms with Crippen LogP contribution in [0.5, 0.6) is 5.75 Å². The van der Waals surface area contributed by atoms with E-state index in [1.165, 1.54) is 59.7 Å². The number of rotatable bonds is 9. The number of nitrogens with one attached hydrogen (secondary N) is 2. The quantitative estimate of drug-likeness (QED) is 0.358. The summed E-state index contributed by atoms with van der Waals surface area (Å²) in [5.41, 5.74) is 4.26. The smallest absolute Gasteiger partial charge is 0.119 e. The fourth-order valence-electron chi connectivity index (χ4n) is 5.01. The number of aryl methyl sites for hydroxylation is 1. The van der Waals surface area contributed by atoms with E-state index in [-0.39, 0.29) is 0 Å². The molecule has 2 heterocycles. The van der Waals surface area contributed by atoms with Crippen molar-refractivity contribution in [3.05, 3.63) is 59.8 Å². The average Bonchev–Trinajstić information content (AvgIpc) is 3.22. The zero-order valence-corrected chi connectivity index (χ0v) is 20.5. The lowest BCUT2D eigenvalue weighted by atomic mass is 9.86. The standard InChI is InChI=1S/C27H36N4OS/c1-30-14-16-31(17-15-30)13-4-18-32-22-8-10-23(11-9-22)33-28-20-21-7-12-27-25(19-21)24-5-2-3-6-26(24)29-27/h2-3,5-6,8-11,21,28-29H,4,7,12-20H2,1H3. The zero-order chi connectivity index (χ0) is 22.5. The van der Waals surface area contributed by atoms with E-state index in [9.17, 15) is 0 Å². The lowest BCUT2D eigenvalue weighted by molar-refractivity contribution is 0.145. The maximum Gasteiger partial charge on any atom is 0.119 e. The van der Waals surface area contributed by atoms with Gasteiger partial charge in [-0.15, -0.1) is 0 Å². The molecule has 1 aromatic heterocycles. The third-order valence-corrected chi connectivity index (χ3v) is 7.89. The minimum absolute atomic E-state index is 0.687. The number of para-hydroxylation sites is 1. The van der Waals surface area contributed by atoms with Crippen molar-refractivity contribution in [3.8, 4) is 5.75 Å². The Bertz CT molecular complexity index is 1030. The van der Waals surface area contributed by atoms with E-state index in [4.69, 9.17) is 4.74 Å². The Labute approximate surface area is 202 Å². The molecule has 1 aliphatic heterocycles. The molecule has 1 saturated heterocycles. The molecule has 3 aromatic rings. The van der Waals surface area contributed by atoms with E-state index < -0.39 is 0 Å². The van der Waals surface area contributed by atoms with E-state index in [0.717, 1.165) is 44.7 Å². The van der Waals surface area contributed by atoms with Crippen molar-refractivity contribution in [1.82, 2.24) is 19.5 Å². The fourth-order valence-corrected chi connectivity index (χ4v) is 5.77. The van der Waals surface area contributed by atoms with Gasteiger partial charge in [-0.1, -0.05) is 18.2 Å². The van der Waals surface area contributed by atoms with Crippen molar-refractivity contribution in [2.45, 2.75) is 30.6 Å². The number of hydrogen-bond acceptors (Lipinski definition) is 5. The molecule has 2 N–H and O–H groups in total. The highest BCUT2D eigenvalue weighted by Gasteiger charge is 2.22. The first-order valence-corrected chi connectivity index (χ1v) is 13.2. The molecule has 6 heteroatoms. The van der Waals surface area contributed by atoms with Gasteiger partial charge in [0.25, 0.3) is 0 Å². The monoisotopic (exact) mass is 464 g/mol. The lowest BCUT2D eigenvalue weighted by Gasteiger charge is -2.32. The van der Waals surface area contributed by atoms with E-state index in [2.05, 4.69) is 75.1 Å². The Morgan fingerprint density at radius 3 is 2.73 bits per heavy atom. The second-order valence-electron chi connectivity index (χ2n) is 9.51. The van der Waals surface area contributed by atoms with Crippen LogP contribution < -0.4 is 9.46 Å². The van der Waals surface area contributed by atoms with Crippen LogP contribution in [-0.4, -0.2) is 67.7 Å². The van der Waals surface area contributed by atoms with Crippen LogP contribution in [0.2, 0.25) is 0 Å². The van der Waals surface area contributed by atoms with Crippen LogP contribution in [0.25, 0.3) is 10.9 Å². The molecule has 1 aliphatic carbocycles. The van der Waals surface area contributed by atoms with Gasteiger partial charge >= 0.3 is 0 Å². The molecule has 0 saturated carbocycles. The number of benzene rings is 2. The van der Waals surface area contributed by atoms with Crippen LogP contribution in [0.3, 0.4) is 0 Å². The fraction of sp³-hybridized carbons (Fsp3) is 0.481. The summed E-state index contributed by atoms with van der Waals surface area (Å²) in [4.78, 5) is 9.80. The molecule has 1 unspecified atom stereocenters. The molecule has 0 radical (unpaired) electrons. The second-order valence-corrected chi connectivity index (χ2v) is 10.5. The first kappa shape index (κ1) is 22.8. The normalized spacial score (nSPS) is 19.6. The molecule has 0 amide bonds. The Morgan fingerprint density at radius 2 is 1.88 bits per heavy atom. The number of hydrogen-bond donors (Lipinski definition) is 2. The van der Waals surface area contributed by atoms with Crippen molar-refractivity contribution in [2.24, 2.45) is 5.92 Å². The van der Waals surface area contributed by atoms with Gasteiger partial charge in [0.1, 0.15) is 5.75 Å². The number of ether oxygens (including phenoxy) is 1. The highest BCUT2D eigenvalue weighted by Crippen LogP contribution is 2.32. The van der Waals surface area contributed by atoms with Gasteiger partial charge in [-0.3, -0.25) is 4.72 Å². The first-order valence-electron chi connectivity index (χ1n) is 12.4. The number of piperazine rings is 1. The highest BCUT2D eigenvalue weighted by atomic mass is 32.2. The van der Waals surface area contributed by atoms with Gasteiger partial charge in [0.05, 0.1) is 6.61 Å². The maximum absolute atomic E-state index is 5.96. The summed E-state index contributed by atoms with van der Waals surface area (Å²) in [6.07, 6.45) is 4.64. The summed E-state index contributed by atoms with van der Waals surface area (Å²) in [5.74, 6) is 1.66. The Morgan fingerprint density at radius 1 is 1.06 bits per heavy atom. The zero-order valence-electron chi connectivity index (χ0n) is 19.7. The molecular weight excluding hydrogens is 428 g/mol. The largest absolute Gasteiger partial charge is 0.494 e. The van der Waals surface area contributed by atoms with Gasteiger partial charge in [0.2, 0.25) is 0 Å². The molecule has 5 nitrogen and oxygen atoms in total. The van der Waals surface area contributed by atoms with Gasteiger partial charge < -0.3 is 19.5 Å². The van der Waals surface area contributed by atoms with Crippen molar-refractivity contribution in [1.29, 1.82) is 0 Å². The van der Waals surface area contributed by atoms with Crippen molar-refractivity contribution < 1.29 is 4.74 Å².